The van der Waals surface area contributed by atoms with Crippen molar-refractivity contribution in [1.82, 2.24) is 20.2 Å². The van der Waals surface area contributed by atoms with E-state index >= 15 is 0 Å². The molecule has 3 N–H and O–H groups in total. The van der Waals surface area contributed by atoms with Gasteiger partial charge in [0.2, 0.25) is 5.91 Å². The lowest BCUT2D eigenvalue weighted by Gasteiger charge is -2.31. The molecular formula is C18H28N6O2. The average Bonchev–Trinajstić information content (AvgIpc) is 3.12. The molecule has 0 spiro atoms. The van der Waals surface area contributed by atoms with Crippen molar-refractivity contribution in [1.29, 1.82) is 0 Å². The van der Waals surface area contributed by atoms with Gasteiger partial charge in [-0.3, -0.25) is 4.79 Å². The Morgan fingerprint density at radius 3 is 2.85 bits per heavy atom. The van der Waals surface area contributed by atoms with E-state index in [2.05, 4.69) is 20.6 Å². The summed E-state index contributed by atoms with van der Waals surface area (Å²) in [6.07, 6.45) is 6.11. The first-order chi connectivity index (χ1) is 12.6. The third kappa shape index (κ3) is 3.35. The van der Waals surface area contributed by atoms with Crippen molar-refractivity contribution in [3.8, 4) is 0 Å². The molecule has 8 nitrogen and oxygen atoms in total. The van der Waals surface area contributed by atoms with Crippen LogP contribution in [0.2, 0.25) is 0 Å². The van der Waals surface area contributed by atoms with Crippen LogP contribution in [-0.2, 0) is 11.3 Å². The summed E-state index contributed by atoms with van der Waals surface area (Å²) in [4.78, 5) is 25.6. The number of hydrogen-bond donors (Lipinski definition) is 3. The molecule has 0 radical (unpaired) electrons. The van der Waals surface area contributed by atoms with Gasteiger partial charge in [0.25, 0.3) is 0 Å². The summed E-state index contributed by atoms with van der Waals surface area (Å²) < 4.78 is 0. The van der Waals surface area contributed by atoms with Gasteiger partial charge in [0.05, 0.1) is 30.8 Å². The lowest BCUT2D eigenvalue weighted by atomic mass is 9.92. The zero-order valence-electron chi connectivity index (χ0n) is 15.3. The van der Waals surface area contributed by atoms with Crippen LogP contribution in [0.15, 0.2) is 6.33 Å². The minimum absolute atomic E-state index is 0.00797. The number of hydrogen-bond acceptors (Lipinski definition) is 7. The van der Waals surface area contributed by atoms with Crippen molar-refractivity contribution in [2.24, 2.45) is 0 Å². The van der Waals surface area contributed by atoms with Gasteiger partial charge in [-0.1, -0.05) is 12.8 Å². The van der Waals surface area contributed by atoms with Gasteiger partial charge in [-0.05, 0) is 25.8 Å². The largest absolute Gasteiger partial charge is 0.391 e. The van der Waals surface area contributed by atoms with Gasteiger partial charge in [-0.25, -0.2) is 9.97 Å². The minimum Gasteiger partial charge on any atom is -0.391 e. The number of nitrogens with zero attached hydrogens (tertiary/aromatic N) is 4. The number of likely N-dealkylation sites (N-methyl/N-ethyl adjacent to an activating group) is 1. The molecule has 3 heterocycles. The van der Waals surface area contributed by atoms with E-state index in [1.54, 1.807) is 6.33 Å². The summed E-state index contributed by atoms with van der Waals surface area (Å²) in [5, 5.41) is 17.1. The fraction of sp³-hybridized carbons (Fsp3) is 0.722. The molecule has 1 amide bonds. The second-order valence-corrected chi connectivity index (χ2v) is 7.65. The zero-order valence-corrected chi connectivity index (χ0v) is 15.3. The summed E-state index contributed by atoms with van der Waals surface area (Å²) in [6, 6.07) is 0.226. The number of aliphatic hydroxyl groups is 1. The molecule has 2 fully saturated rings. The molecular weight excluding hydrogens is 332 g/mol. The summed E-state index contributed by atoms with van der Waals surface area (Å²) in [6.45, 7) is 2.62. The second-order valence-electron chi connectivity index (χ2n) is 7.65. The number of anilines is 2. The smallest absolute Gasteiger partial charge is 0.242 e. The Morgan fingerprint density at radius 2 is 2.08 bits per heavy atom. The van der Waals surface area contributed by atoms with Crippen LogP contribution in [0.5, 0.6) is 0 Å². The normalized spacial score (nSPS) is 29.5. The zero-order chi connectivity index (χ0) is 18.1. The highest BCUT2D eigenvalue weighted by Crippen LogP contribution is 2.31. The van der Waals surface area contributed by atoms with Crippen LogP contribution >= 0.6 is 0 Å². The highest BCUT2D eigenvalue weighted by Gasteiger charge is 2.33. The quantitative estimate of drug-likeness (QED) is 0.715. The number of fused-ring (bicyclic) bond motifs is 1. The van der Waals surface area contributed by atoms with Gasteiger partial charge < -0.3 is 25.5 Å². The first-order valence-corrected chi connectivity index (χ1v) is 9.63. The van der Waals surface area contributed by atoms with Gasteiger partial charge in [-0.15, -0.1) is 0 Å². The lowest BCUT2D eigenvalue weighted by molar-refractivity contribution is -0.132. The molecule has 8 heteroatoms. The summed E-state index contributed by atoms with van der Waals surface area (Å²) in [7, 11) is 1.90. The number of carbonyl (C=O) groups is 1. The van der Waals surface area contributed by atoms with Crippen LogP contribution in [0.25, 0.3) is 0 Å². The molecule has 1 aliphatic carbocycles. The lowest BCUT2D eigenvalue weighted by Crippen LogP contribution is -2.43. The topological polar surface area (TPSA) is 93.6 Å². The number of nitrogens with one attached hydrogen (secondary N) is 2. The van der Waals surface area contributed by atoms with Gasteiger partial charge in [0, 0.05) is 19.6 Å². The summed E-state index contributed by atoms with van der Waals surface area (Å²) in [5.41, 5.74) is 0.950. The Balaban J connectivity index is 1.64. The predicted molar refractivity (Wildman–Crippen MR) is 99.0 cm³/mol. The Labute approximate surface area is 154 Å². The van der Waals surface area contributed by atoms with Gasteiger partial charge >= 0.3 is 0 Å². The fourth-order valence-corrected chi connectivity index (χ4v) is 4.32. The molecule has 4 rings (SSSR count). The van der Waals surface area contributed by atoms with Gasteiger partial charge in [-0.2, -0.15) is 0 Å². The highest BCUT2D eigenvalue weighted by atomic mass is 16.3. The Hall–Kier alpha value is -1.93. The van der Waals surface area contributed by atoms with Crippen LogP contribution in [0, 0.1) is 0 Å². The maximum Gasteiger partial charge on any atom is 0.242 e. The molecule has 26 heavy (non-hydrogen) atoms. The van der Waals surface area contributed by atoms with Crippen LogP contribution < -0.4 is 15.5 Å². The molecule has 0 aromatic carbocycles. The van der Waals surface area contributed by atoms with Crippen molar-refractivity contribution in [2.45, 2.75) is 56.8 Å². The number of carbonyl (C=O) groups excluding carboxylic acids is 1. The van der Waals surface area contributed by atoms with E-state index in [0.717, 1.165) is 62.4 Å². The van der Waals surface area contributed by atoms with E-state index in [1.165, 1.54) is 0 Å². The fourth-order valence-electron chi connectivity index (χ4n) is 4.32. The predicted octanol–water partition coefficient (Wildman–Crippen LogP) is 0.332. The summed E-state index contributed by atoms with van der Waals surface area (Å²) in [5.74, 6) is 1.68. The maximum absolute atomic E-state index is 12.8. The van der Waals surface area contributed by atoms with E-state index in [0.29, 0.717) is 13.1 Å². The highest BCUT2D eigenvalue weighted by molar-refractivity contribution is 5.84. The maximum atomic E-state index is 12.8. The number of rotatable bonds is 3. The molecule has 142 valence electrons. The first kappa shape index (κ1) is 17.5. The van der Waals surface area contributed by atoms with E-state index in [-0.39, 0.29) is 24.1 Å². The van der Waals surface area contributed by atoms with E-state index in [1.807, 2.05) is 16.8 Å². The molecule has 1 aromatic rings. The van der Waals surface area contributed by atoms with Crippen LogP contribution in [0.1, 0.15) is 37.7 Å². The van der Waals surface area contributed by atoms with Crippen molar-refractivity contribution >= 4 is 17.5 Å². The van der Waals surface area contributed by atoms with Crippen molar-refractivity contribution in [3.63, 3.8) is 0 Å². The number of amides is 1. The molecule has 3 unspecified atom stereocenters. The number of aliphatic hydroxyl groups excluding tert-OH is 1. The van der Waals surface area contributed by atoms with Crippen molar-refractivity contribution in [3.05, 3.63) is 11.9 Å². The molecule has 2 aliphatic heterocycles. The third-order valence-electron chi connectivity index (χ3n) is 5.83. The van der Waals surface area contributed by atoms with Crippen LogP contribution in [0.4, 0.5) is 11.6 Å². The molecule has 3 aliphatic rings. The van der Waals surface area contributed by atoms with Crippen LogP contribution in [0.3, 0.4) is 0 Å². The standard InChI is InChI=1S/C18H28N6O2/c1-23-10-16(26)24(12-6-7-19-8-12)9-13-17(20-11-21-18(13)23)22-14-4-2-3-5-15(14)25/h11-12,14-15,19,25H,2-10H2,1H3,(H,20,21,22). The average molecular weight is 360 g/mol. The SMILES string of the molecule is CN1CC(=O)N(C2CCNC2)Cc2c(NC3CCCCC3O)ncnc21. The summed E-state index contributed by atoms with van der Waals surface area (Å²) >= 11 is 0. The minimum atomic E-state index is -0.352. The Morgan fingerprint density at radius 1 is 1.23 bits per heavy atom. The molecule has 1 aromatic heterocycles. The van der Waals surface area contributed by atoms with E-state index < -0.39 is 0 Å². The Bertz CT molecular complexity index is 663. The molecule has 1 saturated carbocycles. The molecule has 1 saturated heterocycles. The van der Waals surface area contributed by atoms with E-state index in [4.69, 9.17) is 0 Å². The first-order valence-electron chi connectivity index (χ1n) is 9.63. The van der Waals surface area contributed by atoms with E-state index in [9.17, 15) is 9.90 Å². The van der Waals surface area contributed by atoms with Gasteiger partial charge in [0.15, 0.2) is 0 Å². The van der Waals surface area contributed by atoms with Crippen LogP contribution in [-0.4, -0.2) is 70.8 Å². The Kier molecular flexibility index (Phi) is 4.95. The van der Waals surface area contributed by atoms with Crippen molar-refractivity contribution < 1.29 is 9.90 Å². The number of aromatic nitrogens is 2. The molecule has 0 bridgehead atoms. The molecule has 3 atom stereocenters. The van der Waals surface area contributed by atoms with Gasteiger partial charge in [0.1, 0.15) is 18.0 Å². The van der Waals surface area contributed by atoms with Crippen molar-refractivity contribution in [2.75, 3.05) is 36.9 Å². The second kappa shape index (κ2) is 7.36. The third-order valence-corrected chi connectivity index (χ3v) is 5.83. The monoisotopic (exact) mass is 360 g/mol.